The highest BCUT2D eigenvalue weighted by molar-refractivity contribution is 6.30. The summed E-state index contributed by atoms with van der Waals surface area (Å²) in [6.07, 6.45) is 3.63. The van der Waals surface area contributed by atoms with E-state index in [-0.39, 0.29) is 0 Å². The van der Waals surface area contributed by atoms with Crippen molar-refractivity contribution in [3.63, 3.8) is 0 Å². The largest absolute Gasteiger partial charge is 0.493 e. The van der Waals surface area contributed by atoms with Crippen LogP contribution in [0.1, 0.15) is 21.6 Å². The molecule has 0 aliphatic carbocycles. The van der Waals surface area contributed by atoms with Crippen molar-refractivity contribution in [1.82, 2.24) is 4.57 Å². The summed E-state index contributed by atoms with van der Waals surface area (Å²) in [5, 5.41) is 0.717. The summed E-state index contributed by atoms with van der Waals surface area (Å²) in [5.74, 6) is 0.921. The van der Waals surface area contributed by atoms with Crippen LogP contribution < -0.4 is 4.74 Å². The number of ether oxygens (including phenoxy) is 1. The number of rotatable bonds is 3. The zero-order chi connectivity index (χ0) is 12.5. The molecule has 1 aromatic heterocycles. The fraction of sp³-hybridized carbons (Fsp3) is 0.214. The Morgan fingerprint density at radius 3 is 3.17 bits per heavy atom. The lowest BCUT2D eigenvalue weighted by atomic mass is 10.1. The molecule has 3 nitrogen and oxygen atoms in total. The second-order valence-corrected chi connectivity index (χ2v) is 4.77. The van der Waals surface area contributed by atoms with E-state index in [0.717, 1.165) is 29.6 Å². The van der Waals surface area contributed by atoms with Gasteiger partial charge in [-0.2, -0.15) is 0 Å². The molecular formula is C14H12ClNO2. The van der Waals surface area contributed by atoms with E-state index in [2.05, 4.69) is 0 Å². The van der Waals surface area contributed by atoms with Crippen LogP contribution >= 0.6 is 11.6 Å². The van der Waals surface area contributed by atoms with Gasteiger partial charge in [-0.25, -0.2) is 0 Å². The van der Waals surface area contributed by atoms with Gasteiger partial charge in [-0.1, -0.05) is 11.6 Å². The summed E-state index contributed by atoms with van der Waals surface area (Å²) >= 11 is 6.11. The number of nitrogens with zero attached hydrogens (tertiary/aromatic N) is 1. The average Bonchev–Trinajstić information content (AvgIpc) is 2.96. The number of carbonyl (C=O) groups is 1. The number of aromatic nitrogens is 1. The molecule has 0 atom stereocenters. The van der Waals surface area contributed by atoms with Crippen LogP contribution in [0, 0.1) is 0 Å². The van der Waals surface area contributed by atoms with Crippen molar-refractivity contribution in [3.05, 3.63) is 52.3 Å². The Hall–Kier alpha value is -1.74. The molecule has 0 unspecified atom stereocenters. The van der Waals surface area contributed by atoms with Crippen LogP contribution in [0.15, 0.2) is 30.5 Å². The van der Waals surface area contributed by atoms with Gasteiger partial charge in [-0.15, -0.1) is 0 Å². The van der Waals surface area contributed by atoms with Crippen LogP contribution in [0.4, 0.5) is 0 Å². The molecule has 1 aliphatic rings. The van der Waals surface area contributed by atoms with Crippen molar-refractivity contribution < 1.29 is 9.53 Å². The molecule has 1 aromatic carbocycles. The molecule has 0 bridgehead atoms. The van der Waals surface area contributed by atoms with E-state index < -0.39 is 0 Å². The maximum atomic E-state index is 10.9. The Labute approximate surface area is 110 Å². The molecule has 0 spiro atoms. The Morgan fingerprint density at radius 2 is 2.33 bits per heavy atom. The van der Waals surface area contributed by atoms with Gasteiger partial charge in [0, 0.05) is 23.2 Å². The van der Waals surface area contributed by atoms with Crippen molar-refractivity contribution in [2.24, 2.45) is 0 Å². The number of fused-ring (bicyclic) bond motifs is 1. The zero-order valence-electron chi connectivity index (χ0n) is 9.73. The Morgan fingerprint density at radius 1 is 1.44 bits per heavy atom. The number of aldehydes is 1. The number of benzene rings is 1. The summed E-state index contributed by atoms with van der Waals surface area (Å²) in [5.41, 5.74) is 2.83. The van der Waals surface area contributed by atoms with E-state index in [9.17, 15) is 4.79 Å². The van der Waals surface area contributed by atoms with Crippen LogP contribution in [0.3, 0.4) is 0 Å². The SMILES string of the molecule is O=Cc1cccn1Cc1cc(Cl)cc2c1OCC2. The van der Waals surface area contributed by atoms with Crippen LogP contribution in [0.25, 0.3) is 0 Å². The number of halogens is 1. The van der Waals surface area contributed by atoms with Crippen molar-refractivity contribution in [3.8, 4) is 5.75 Å². The highest BCUT2D eigenvalue weighted by Crippen LogP contribution is 2.33. The van der Waals surface area contributed by atoms with E-state index in [0.29, 0.717) is 23.9 Å². The number of hydrogen-bond acceptors (Lipinski definition) is 2. The predicted octanol–water partition coefficient (Wildman–Crippen LogP) is 2.94. The average molecular weight is 262 g/mol. The first-order chi connectivity index (χ1) is 8.78. The fourth-order valence-corrected chi connectivity index (χ4v) is 2.59. The lowest BCUT2D eigenvalue weighted by molar-refractivity contribution is 0.111. The van der Waals surface area contributed by atoms with E-state index in [1.807, 2.05) is 29.0 Å². The summed E-state index contributed by atoms with van der Waals surface area (Å²) in [6.45, 7) is 1.30. The van der Waals surface area contributed by atoms with Gasteiger partial charge >= 0.3 is 0 Å². The van der Waals surface area contributed by atoms with Gasteiger partial charge in [-0.3, -0.25) is 4.79 Å². The normalized spacial score (nSPS) is 13.2. The van der Waals surface area contributed by atoms with Gasteiger partial charge in [0.05, 0.1) is 18.8 Å². The molecule has 0 fully saturated rings. The molecule has 1 aliphatic heterocycles. The lowest BCUT2D eigenvalue weighted by Crippen LogP contribution is -2.04. The van der Waals surface area contributed by atoms with Gasteiger partial charge in [0.15, 0.2) is 6.29 Å². The molecule has 0 saturated heterocycles. The molecular weight excluding hydrogens is 250 g/mol. The fourth-order valence-electron chi connectivity index (χ4n) is 2.33. The van der Waals surface area contributed by atoms with E-state index in [1.165, 1.54) is 0 Å². The minimum atomic E-state index is 0.601. The Balaban J connectivity index is 2.00. The van der Waals surface area contributed by atoms with Crippen molar-refractivity contribution in [2.75, 3.05) is 6.61 Å². The monoisotopic (exact) mass is 261 g/mol. The highest BCUT2D eigenvalue weighted by atomic mass is 35.5. The molecule has 2 aromatic rings. The second-order valence-electron chi connectivity index (χ2n) is 4.33. The first-order valence-corrected chi connectivity index (χ1v) is 6.20. The molecule has 18 heavy (non-hydrogen) atoms. The van der Waals surface area contributed by atoms with Crippen LogP contribution in [0.2, 0.25) is 5.02 Å². The van der Waals surface area contributed by atoms with Gasteiger partial charge < -0.3 is 9.30 Å². The van der Waals surface area contributed by atoms with Gasteiger partial charge in [0.25, 0.3) is 0 Å². The summed E-state index contributed by atoms with van der Waals surface area (Å²) in [4.78, 5) is 10.9. The Bertz CT molecular complexity index is 604. The highest BCUT2D eigenvalue weighted by Gasteiger charge is 2.18. The number of hydrogen-bond donors (Lipinski definition) is 0. The van der Waals surface area contributed by atoms with Crippen molar-refractivity contribution in [2.45, 2.75) is 13.0 Å². The van der Waals surface area contributed by atoms with E-state index in [4.69, 9.17) is 16.3 Å². The first kappa shape index (κ1) is 11.4. The molecule has 92 valence electrons. The summed E-state index contributed by atoms with van der Waals surface area (Å²) in [6, 6.07) is 7.50. The molecule has 0 saturated carbocycles. The van der Waals surface area contributed by atoms with E-state index >= 15 is 0 Å². The number of carbonyl (C=O) groups excluding carboxylic acids is 1. The predicted molar refractivity (Wildman–Crippen MR) is 69.6 cm³/mol. The summed E-state index contributed by atoms with van der Waals surface area (Å²) < 4.78 is 7.54. The minimum Gasteiger partial charge on any atom is -0.493 e. The first-order valence-electron chi connectivity index (χ1n) is 5.82. The third-order valence-corrected chi connectivity index (χ3v) is 3.37. The minimum absolute atomic E-state index is 0.601. The molecule has 0 amide bonds. The lowest BCUT2D eigenvalue weighted by Gasteiger charge is -2.11. The molecule has 0 radical (unpaired) electrons. The third-order valence-electron chi connectivity index (χ3n) is 3.15. The van der Waals surface area contributed by atoms with Crippen LogP contribution in [-0.4, -0.2) is 17.5 Å². The quantitative estimate of drug-likeness (QED) is 0.796. The summed E-state index contributed by atoms with van der Waals surface area (Å²) in [7, 11) is 0. The maximum Gasteiger partial charge on any atom is 0.166 e. The standard InChI is InChI=1S/C14H12ClNO2/c15-12-6-10-3-5-18-14(10)11(7-12)8-16-4-1-2-13(16)9-17/h1-2,4,6-7,9H,3,5,8H2. The smallest absolute Gasteiger partial charge is 0.166 e. The second kappa shape index (κ2) is 4.50. The maximum absolute atomic E-state index is 10.9. The molecule has 2 heterocycles. The van der Waals surface area contributed by atoms with Crippen LogP contribution in [0.5, 0.6) is 5.75 Å². The van der Waals surface area contributed by atoms with Gasteiger partial charge in [-0.05, 0) is 29.8 Å². The van der Waals surface area contributed by atoms with Crippen molar-refractivity contribution >= 4 is 17.9 Å². The topological polar surface area (TPSA) is 31.2 Å². The van der Waals surface area contributed by atoms with Gasteiger partial charge in [0.2, 0.25) is 0 Å². The third kappa shape index (κ3) is 1.91. The molecule has 0 N–H and O–H groups in total. The Kier molecular flexibility index (Phi) is 2.84. The van der Waals surface area contributed by atoms with Crippen LogP contribution in [-0.2, 0) is 13.0 Å². The zero-order valence-corrected chi connectivity index (χ0v) is 10.5. The van der Waals surface area contributed by atoms with Crippen molar-refractivity contribution in [1.29, 1.82) is 0 Å². The molecule has 4 heteroatoms. The molecule has 3 rings (SSSR count). The van der Waals surface area contributed by atoms with Gasteiger partial charge in [0.1, 0.15) is 5.75 Å². The van der Waals surface area contributed by atoms with E-state index in [1.54, 1.807) is 6.07 Å².